The van der Waals surface area contributed by atoms with Gasteiger partial charge in [0.2, 0.25) is 0 Å². The second-order valence-electron chi connectivity index (χ2n) is 23.8. The van der Waals surface area contributed by atoms with Crippen molar-refractivity contribution < 1.29 is 28.6 Å². The number of allylic oxidation sites excluding steroid dienone is 16. The number of hydrogen-bond donors (Lipinski definition) is 0. The van der Waals surface area contributed by atoms with Gasteiger partial charge in [-0.05, 0) is 122 Å². The summed E-state index contributed by atoms with van der Waals surface area (Å²) < 4.78 is 17.0. The summed E-state index contributed by atoms with van der Waals surface area (Å²) in [5, 5.41) is 0. The summed E-state index contributed by atoms with van der Waals surface area (Å²) in [6.07, 6.45) is 95.7. The van der Waals surface area contributed by atoms with Gasteiger partial charge in [-0.1, -0.05) is 311 Å². The van der Waals surface area contributed by atoms with Crippen LogP contribution in [0.15, 0.2) is 97.2 Å². The van der Waals surface area contributed by atoms with E-state index in [1.165, 1.54) is 212 Å². The number of carbonyl (C=O) groups is 3. The highest BCUT2D eigenvalue weighted by atomic mass is 16.6. The lowest BCUT2D eigenvalue weighted by atomic mass is 10.0. The minimum absolute atomic E-state index is 0.0797. The van der Waals surface area contributed by atoms with Gasteiger partial charge in [0.1, 0.15) is 13.2 Å². The van der Waals surface area contributed by atoms with Gasteiger partial charge in [-0.3, -0.25) is 14.4 Å². The van der Waals surface area contributed by atoms with Crippen LogP contribution in [0.25, 0.3) is 0 Å². The van der Waals surface area contributed by atoms with Gasteiger partial charge in [-0.25, -0.2) is 0 Å². The Bertz CT molecular complexity index is 1610. The van der Waals surface area contributed by atoms with Crippen molar-refractivity contribution in [3.05, 3.63) is 97.2 Å². The van der Waals surface area contributed by atoms with Crippen molar-refractivity contribution in [1.29, 1.82) is 0 Å². The number of carbonyl (C=O) groups excluding carboxylic acids is 3. The van der Waals surface area contributed by atoms with Crippen LogP contribution in [0.3, 0.4) is 0 Å². The molecule has 0 N–H and O–H groups in total. The van der Waals surface area contributed by atoms with E-state index in [1.807, 2.05) is 0 Å². The Morgan fingerprint density at radius 1 is 0.253 bits per heavy atom. The molecule has 0 aliphatic rings. The highest BCUT2D eigenvalue weighted by Gasteiger charge is 2.19. The van der Waals surface area contributed by atoms with Crippen molar-refractivity contribution in [3.63, 3.8) is 0 Å². The molecule has 0 bridgehead atoms. The maximum atomic E-state index is 13.0. The molecule has 0 spiro atoms. The van der Waals surface area contributed by atoms with Crippen molar-refractivity contribution in [2.75, 3.05) is 13.2 Å². The van der Waals surface area contributed by atoms with E-state index in [-0.39, 0.29) is 31.1 Å². The first kappa shape index (κ1) is 79.3. The van der Waals surface area contributed by atoms with E-state index >= 15 is 0 Å². The van der Waals surface area contributed by atoms with E-state index in [2.05, 4.69) is 118 Å². The van der Waals surface area contributed by atoms with Crippen molar-refractivity contribution in [1.82, 2.24) is 0 Å². The Morgan fingerprint density at radius 3 is 0.759 bits per heavy atom. The molecule has 0 heterocycles. The standard InChI is InChI=1S/C77H134O6/c1-4-7-10-13-16-19-22-25-27-29-31-33-35-37-38-40-41-43-45-47-49-52-55-58-61-64-67-70-76(79)82-73-74(72-81-75(78)69-66-63-60-57-54-51-24-21-18-15-12-9-6-3)83-77(80)71-68-65-62-59-56-53-50-48-46-44-42-39-36-34-32-30-28-26-23-20-17-14-11-8-5-2/h7,10,16,19,21,23-27,30-33,36,39,74H,4-6,8-9,11-15,17-18,20,22,28-29,34-35,37-38,40-73H2,1-3H3/b10-7-,19-16-,24-21-,26-23-,27-25-,32-30-,33-31-,39-36-. The van der Waals surface area contributed by atoms with E-state index in [1.54, 1.807) is 0 Å². The molecule has 0 aliphatic carbocycles. The molecule has 0 aromatic rings. The van der Waals surface area contributed by atoms with Gasteiger partial charge in [-0.2, -0.15) is 0 Å². The van der Waals surface area contributed by atoms with Gasteiger partial charge in [-0.15, -0.1) is 0 Å². The summed E-state index contributed by atoms with van der Waals surface area (Å²) in [4.78, 5) is 38.4. The Morgan fingerprint density at radius 2 is 0.470 bits per heavy atom. The van der Waals surface area contributed by atoms with Crippen LogP contribution in [-0.2, 0) is 28.6 Å². The van der Waals surface area contributed by atoms with Crippen molar-refractivity contribution in [2.24, 2.45) is 0 Å². The van der Waals surface area contributed by atoms with Crippen LogP contribution >= 0.6 is 0 Å². The molecule has 0 aliphatic heterocycles. The number of rotatable bonds is 65. The van der Waals surface area contributed by atoms with Crippen LogP contribution in [0.1, 0.15) is 355 Å². The molecular formula is C77H134O6. The Hall–Kier alpha value is -3.67. The molecule has 0 saturated heterocycles. The third-order valence-electron chi connectivity index (χ3n) is 15.5. The monoisotopic (exact) mass is 1160 g/mol. The van der Waals surface area contributed by atoms with E-state index in [4.69, 9.17) is 14.2 Å². The van der Waals surface area contributed by atoms with Crippen molar-refractivity contribution >= 4 is 17.9 Å². The fourth-order valence-electron chi connectivity index (χ4n) is 10.2. The van der Waals surface area contributed by atoms with Crippen molar-refractivity contribution in [2.45, 2.75) is 361 Å². The first-order valence-corrected chi connectivity index (χ1v) is 35.7. The van der Waals surface area contributed by atoms with Crippen molar-refractivity contribution in [3.8, 4) is 0 Å². The minimum Gasteiger partial charge on any atom is -0.462 e. The van der Waals surface area contributed by atoms with Crippen LogP contribution in [0, 0.1) is 0 Å². The first-order chi connectivity index (χ1) is 41.0. The van der Waals surface area contributed by atoms with Gasteiger partial charge in [0.05, 0.1) is 0 Å². The molecule has 1 unspecified atom stereocenters. The molecule has 0 radical (unpaired) electrons. The first-order valence-electron chi connectivity index (χ1n) is 35.7. The summed E-state index contributed by atoms with van der Waals surface area (Å²) in [6.45, 7) is 6.53. The number of ether oxygens (including phenoxy) is 3. The largest absolute Gasteiger partial charge is 0.462 e. The highest BCUT2D eigenvalue weighted by Crippen LogP contribution is 2.17. The Balaban J connectivity index is 4.28. The molecule has 0 aromatic carbocycles. The average Bonchev–Trinajstić information content (AvgIpc) is 3.49. The van der Waals surface area contributed by atoms with E-state index in [0.717, 1.165) is 103 Å². The summed E-state index contributed by atoms with van der Waals surface area (Å²) in [5.74, 6) is -0.877. The third-order valence-corrected chi connectivity index (χ3v) is 15.5. The molecule has 1 atom stereocenters. The van der Waals surface area contributed by atoms with Crippen LogP contribution in [0.5, 0.6) is 0 Å². The zero-order valence-electron chi connectivity index (χ0n) is 54.9. The van der Waals surface area contributed by atoms with E-state index < -0.39 is 6.10 Å². The summed E-state index contributed by atoms with van der Waals surface area (Å²) >= 11 is 0. The molecule has 478 valence electrons. The van der Waals surface area contributed by atoms with E-state index in [0.29, 0.717) is 19.3 Å². The smallest absolute Gasteiger partial charge is 0.306 e. The topological polar surface area (TPSA) is 78.9 Å². The van der Waals surface area contributed by atoms with Gasteiger partial charge >= 0.3 is 17.9 Å². The van der Waals surface area contributed by atoms with Gasteiger partial charge in [0.25, 0.3) is 0 Å². The summed E-state index contributed by atoms with van der Waals surface area (Å²) in [6, 6.07) is 0. The lowest BCUT2D eigenvalue weighted by molar-refractivity contribution is -0.167. The predicted molar refractivity (Wildman–Crippen MR) is 362 cm³/mol. The van der Waals surface area contributed by atoms with Gasteiger partial charge in [0, 0.05) is 19.3 Å². The quantitative estimate of drug-likeness (QED) is 0.0261. The van der Waals surface area contributed by atoms with Crippen LogP contribution in [0.2, 0.25) is 0 Å². The zero-order valence-corrected chi connectivity index (χ0v) is 54.9. The fourth-order valence-corrected chi connectivity index (χ4v) is 10.2. The minimum atomic E-state index is -0.785. The average molecular weight is 1160 g/mol. The highest BCUT2D eigenvalue weighted by molar-refractivity contribution is 5.71. The van der Waals surface area contributed by atoms with Gasteiger partial charge in [0.15, 0.2) is 6.10 Å². The molecular weight excluding hydrogens is 1020 g/mol. The molecule has 6 heteroatoms. The second-order valence-corrected chi connectivity index (χ2v) is 23.8. The Kier molecular flexibility index (Phi) is 67.7. The maximum Gasteiger partial charge on any atom is 0.306 e. The number of hydrogen-bond acceptors (Lipinski definition) is 6. The van der Waals surface area contributed by atoms with E-state index in [9.17, 15) is 14.4 Å². The number of unbranched alkanes of at least 4 members (excludes halogenated alkanes) is 38. The normalized spacial score (nSPS) is 12.7. The lowest BCUT2D eigenvalue weighted by Crippen LogP contribution is -2.30. The van der Waals surface area contributed by atoms with Crippen LogP contribution in [-0.4, -0.2) is 37.2 Å². The summed E-state index contributed by atoms with van der Waals surface area (Å²) in [5.41, 5.74) is 0. The molecule has 6 nitrogen and oxygen atoms in total. The van der Waals surface area contributed by atoms with Crippen LogP contribution in [0.4, 0.5) is 0 Å². The molecule has 83 heavy (non-hydrogen) atoms. The SMILES string of the molecule is CC/C=C\C/C=C\C/C=C\C/C=C\CCCCCCCCCCCCCCCCC(=O)OCC(COC(=O)CCCCCCC/C=C\CCCCCC)OC(=O)CCCCCCCCCCCC/C=C\C/C=C\C/C=C\CCCCCCC. The second kappa shape index (κ2) is 70.8. The third kappa shape index (κ3) is 69.0. The van der Waals surface area contributed by atoms with Crippen LogP contribution < -0.4 is 0 Å². The number of esters is 3. The molecule has 0 saturated carbocycles. The fraction of sp³-hybridized carbons (Fsp3) is 0.753. The molecule has 0 aromatic heterocycles. The summed E-state index contributed by atoms with van der Waals surface area (Å²) in [7, 11) is 0. The molecule has 0 fully saturated rings. The maximum absolute atomic E-state index is 13.0. The zero-order chi connectivity index (χ0) is 59.9. The Labute approximate surface area is 515 Å². The predicted octanol–water partition coefficient (Wildman–Crippen LogP) is 24.8. The molecule has 0 amide bonds. The lowest BCUT2D eigenvalue weighted by Gasteiger charge is -2.18. The molecule has 0 rings (SSSR count). The van der Waals surface area contributed by atoms with Gasteiger partial charge < -0.3 is 14.2 Å².